The molecule has 1 saturated heterocycles. The van der Waals surface area contributed by atoms with Gasteiger partial charge in [-0.25, -0.2) is 0 Å². The van der Waals surface area contributed by atoms with Crippen LogP contribution in [-0.4, -0.2) is 36.0 Å². The number of hydrogen-bond donors (Lipinski definition) is 2. The van der Waals surface area contributed by atoms with Gasteiger partial charge in [0.2, 0.25) is 0 Å². The van der Waals surface area contributed by atoms with Crippen molar-refractivity contribution >= 4 is 11.6 Å². The molecule has 1 heterocycles. The fourth-order valence-corrected chi connectivity index (χ4v) is 3.21. The minimum absolute atomic E-state index is 0.116. The van der Waals surface area contributed by atoms with Gasteiger partial charge in [0.1, 0.15) is 0 Å². The molecule has 0 saturated carbocycles. The molecule has 126 valence electrons. The highest BCUT2D eigenvalue weighted by Gasteiger charge is 2.25. The summed E-state index contributed by atoms with van der Waals surface area (Å²) in [5.41, 5.74) is 3.01. The monoisotopic (exact) mass is 323 g/mol. The van der Waals surface area contributed by atoms with Crippen LogP contribution in [0, 0.1) is 0 Å². The molecule has 0 unspecified atom stereocenters. The van der Waals surface area contributed by atoms with Crippen LogP contribution < -0.4 is 10.6 Å². The summed E-state index contributed by atoms with van der Waals surface area (Å²) < 4.78 is 0. The molecule has 0 aromatic heterocycles. The molecular weight excluding hydrogens is 298 g/mol. The van der Waals surface area contributed by atoms with Crippen LogP contribution in [0.4, 0.5) is 5.69 Å². The van der Waals surface area contributed by atoms with Crippen LogP contribution in [0.1, 0.15) is 29.8 Å². The number of piperazine rings is 1. The lowest BCUT2D eigenvalue weighted by molar-refractivity contribution is 0.0674. The first-order valence-corrected chi connectivity index (χ1v) is 8.55. The lowest BCUT2D eigenvalue weighted by Crippen LogP contribution is -2.55. The van der Waals surface area contributed by atoms with Crippen molar-refractivity contribution in [1.82, 2.24) is 10.2 Å². The van der Waals surface area contributed by atoms with Crippen LogP contribution in [-0.2, 0) is 6.54 Å². The molecule has 2 atom stereocenters. The zero-order chi connectivity index (χ0) is 16.9. The normalized spacial score (nSPS) is 20.7. The quantitative estimate of drug-likeness (QED) is 0.908. The van der Waals surface area contributed by atoms with Gasteiger partial charge in [-0.3, -0.25) is 4.79 Å². The minimum Gasteiger partial charge on any atom is -0.381 e. The molecule has 1 aliphatic rings. The molecule has 0 bridgehead atoms. The van der Waals surface area contributed by atoms with E-state index in [1.165, 1.54) is 5.56 Å². The van der Waals surface area contributed by atoms with Gasteiger partial charge in [0.25, 0.3) is 5.91 Å². The van der Waals surface area contributed by atoms with Gasteiger partial charge in [-0.1, -0.05) is 30.3 Å². The van der Waals surface area contributed by atoms with E-state index in [1.54, 1.807) is 0 Å². The van der Waals surface area contributed by atoms with Crippen LogP contribution in [0.2, 0.25) is 0 Å². The lowest BCUT2D eigenvalue weighted by atomic mass is 10.1. The number of nitrogens with one attached hydrogen (secondary N) is 2. The van der Waals surface area contributed by atoms with Crippen molar-refractivity contribution in [2.45, 2.75) is 32.5 Å². The standard InChI is InChI=1S/C20H25N3O/c1-15-13-23(14-16(2)22-15)20(24)18-8-10-19(11-9-18)21-12-17-6-4-3-5-7-17/h3-11,15-16,21-22H,12-14H2,1-2H3/t15-,16+. The molecule has 1 amide bonds. The molecule has 2 aromatic rings. The van der Waals surface area contributed by atoms with Crippen molar-refractivity contribution in [2.75, 3.05) is 18.4 Å². The predicted octanol–water partition coefficient (Wildman–Crippen LogP) is 3.12. The van der Waals surface area contributed by atoms with Gasteiger partial charge in [-0.2, -0.15) is 0 Å². The first kappa shape index (κ1) is 16.5. The van der Waals surface area contributed by atoms with E-state index in [0.29, 0.717) is 12.1 Å². The van der Waals surface area contributed by atoms with E-state index in [-0.39, 0.29) is 5.91 Å². The summed E-state index contributed by atoms with van der Waals surface area (Å²) in [6.07, 6.45) is 0. The average molecular weight is 323 g/mol. The Balaban J connectivity index is 1.60. The smallest absolute Gasteiger partial charge is 0.253 e. The second-order valence-electron chi connectivity index (χ2n) is 6.60. The number of amides is 1. The molecule has 0 spiro atoms. The third kappa shape index (κ3) is 4.15. The molecule has 1 fully saturated rings. The van der Waals surface area contributed by atoms with Crippen LogP contribution in [0.3, 0.4) is 0 Å². The van der Waals surface area contributed by atoms with E-state index in [9.17, 15) is 4.79 Å². The van der Waals surface area contributed by atoms with Gasteiger partial charge in [0, 0.05) is 43.0 Å². The fourth-order valence-electron chi connectivity index (χ4n) is 3.21. The molecule has 4 nitrogen and oxygen atoms in total. The van der Waals surface area contributed by atoms with Gasteiger partial charge >= 0.3 is 0 Å². The van der Waals surface area contributed by atoms with Gasteiger partial charge in [-0.05, 0) is 43.7 Å². The van der Waals surface area contributed by atoms with E-state index in [1.807, 2.05) is 47.4 Å². The summed E-state index contributed by atoms with van der Waals surface area (Å²) in [6, 6.07) is 18.7. The van der Waals surface area contributed by atoms with Crippen molar-refractivity contribution in [2.24, 2.45) is 0 Å². The summed E-state index contributed by atoms with van der Waals surface area (Å²) in [6.45, 7) is 6.54. The Morgan fingerprint density at radius 1 is 1.04 bits per heavy atom. The van der Waals surface area contributed by atoms with Gasteiger partial charge in [0.15, 0.2) is 0 Å². The summed E-state index contributed by atoms with van der Waals surface area (Å²) in [5.74, 6) is 0.116. The van der Waals surface area contributed by atoms with Gasteiger partial charge < -0.3 is 15.5 Å². The zero-order valence-electron chi connectivity index (χ0n) is 14.3. The van der Waals surface area contributed by atoms with Crippen molar-refractivity contribution in [3.8, 4) is 0 Å². The number of benzene rings is 2. The molecule has 2 N–H and O–H groups in total. The van der Waals surface area contributed by atoms with Crippen molar-refractivity contribution in [3.63, 3.8) is 0 Å². The Bertz CT molecular complexity index is 659. The first-order chi connectivity index (χ1) is 11.6. The molecule has 2 aromatic carbocycles. The van der Waals surface area contributed by atoms with Crippen LogP contribution in [0.25, 0.3) is 0 Å². The van der Waals surface area contributed by atoms with Crippen LogP contribution >= 0.6 is 0 Å². The van der Waals surface area contributed by atoms with E-state index < -0.39 is 0 Å². The number of hydrogen-bond acceptors (Lipinski definition) is 3. The largest absolute Gasteiger partial charge is 0.381 e. The summed E-state index contributed by atoms with van der Waals surface area (Å²) >= 11 is 0. The molecule has 4 heteroatoms. The fraction of sp³-hybridized carbons (Fsp3) is 0.350. The Hall–Kier alpha value is -2.33. The number of carbonyl (C=O) groups excluding carboxylic acids is 1. The highest BCUT2D eigenvalue weighted by atomic mass is 16.2. The summed E-state index contributed by atoms with van der Waals surface area (Å²) in [4.78, 5) is 14.6. The molecule has 24 heavy (non-hydrogen) atoms. The number of carbonyl (C=O) groups is 1. The topological polar surface area (TPSA) is 44.4 Å². The number of anilines is 1. The Morgan fingerprint density at radius 2 is 1.67 bits per heavy atom. The lowest BCUT2D eigenvalue weighted by Gasteiger charge is -2.36. The maximum Gasteiger partial charge on any atom is 0.253 e. The van der Waals surface area contributed by atoms with Crippen LogP contribution in [0.5, 0.6) is 0 Å². The van der Waals surface area contributed by atoms with Gasteiger partial charge in [-0.15, -0.1) is 0 Å². The predicted molar refractivity (Wildman–Crippen MR) is 98.2 cm³/mol. The molecule has 0 aliphatic carbocycles. The number of rotatable bonds is 4. The summed E-state index contributed by atoms with van der Waals surface area (Å²) in [5, 5.41) is 6.84. The second kappa shape index (κ2) is 7.49. The van der Waals surface area contributed by atoms with Crippen molar-refractivity contribution in [3.05, 3.63) is 65.7 Å². The molecule has 3 rings (SSSR count). The third-order valence-corrected chi connectivity index (χ3v) is 4.32. The zero-order valence-corrected chi connectivity index (χ0v) is 14.3. The third-order valence-electron chi connectivity index (χ3n) is 4.32. The van der Waals surface area contributed by atoms with Crippen molar-refractivity contribution < 1.29 is 4.79 Å². The van der Waals surface area contributed by atoms with E-state index in [4.69, 9.17) is 0 Å². The Kier molecular flexibility index (Phi) is 5.16. The van der Waals surface area contributed by atoms with Crippen LogP contribution in [0.15, 0.2) is 54.6 Å². The SMILES string of the molecule is C[C@@H]1CN(C(=O)c2ccc(NCc3ccccc3)cc2)C[C@H](C)N1. The Morgan fingerprint density at radius 3 is 2.29 bits per heavy atom. The van der Waals surface area contributed by atoms with Crippen molar-refractivity contribution in [1.29, 1.82) is 0 Å². The first-order valence-electron chi connectivity index (χ1n) is 8.55. The van der Waals surface area contributed by atoms with E-state index >= 15 is 0 Å². The minimum atomic E-state index is 0.116. The maximum absolute atomic E-state index is 12.7. The van der Waals surface area contributed by atoms with E-state index in [2.05, 4.69) is 36.6 Å². The second-order valence-corrected chi connectivity index (χ2v) is 6.60. The molecular formula is C20H25N3O. The summed E-state index contributed by atoms with van der Waals surface area (Å²) in [7, 11) is 0. The average Bonchev–Trinajstić information content (AvgIpc) is 2.60. The maximum atomic E-state index is 12.7. The highest BCUT2D eigenvalue weighted by Crippen LogP contribution is 2.15. The number of nitrogens with zero attached hydrogens (tertiary/aromatic N) is 1. The highest BCUT2D eigenvalue weighted by molar-refractivity contribution is 5.94. The molecule has 0 radical (unpaired) electrons. The van der Waals surface area contributed by atoms with Gasteiger partial charge in [0.05, 0.1) is 0 Å². The Labute approximate surface area is 143 Å². The van der Waals surface area contributed by atoms with E-state index in [0.717, 1.165) is 30.9 Å². The molecule has 1 aliphatic heterocycles.